The van der Waals surface area contributed by atoms with Crippen LogP contribution in [0.4, 0.5) is 11.5 Å². The molecule has 4 aromatic rings. The molecule has 2 aromatic carbocycles. The number of rotatable bonds is 5. The topological polar surface area (TPSA) is 85.1 Å². The van der Waals surface area contributed by atoms with Crippen molar-refractivity contribution in [3.05, 3.63) is 100.0 Å². The molecule has 1 atom stereocenters. The Hall–Kier alpha value is -4.57. The number of amides is 1. The Morgan fingerprint density at radius 1 is 1.11 bits per heavy atom. The van der Waals surface area contributed by atoms with Gasteiger partial charge in [0.1, 0.15) is 5.82 Å². The molecule has 1 unspecified atom stereocenters. The largest absolute Gasteiger partial charge is 0.307 e. The zero-order valence-electron chi connectivity index (χ0n) is 21.2. The van der Waals surface area contributed by atoms with Gasteiger partial charge in [0, 0.05) is 42.3 Å². The predicted molar refractivity (Wildman–Crippen MR) is 145 cm³/mol. The highest BCUT2D eigenvalue weighted by Crippen LogP contribution is 2.36. The first-order valence-electron chi connectivity index (χ1n) is 12.3. The van der Waals surface area contributed by atoms with Crippen LogP contribution in [0.1, 0.15) is 62.6 Å². The molecular formula is C30H28N6O. The molecule has 0 bridgehead atoms. The second-order valence-corrected chi connectivity index (χ2v) is 9.39. The van der Waals surface area contributed by atoms with Crippen molar-refractivity contribution in [1.82, 2.24) is 20.0 Å². The third kappa shape index (κ3) is 5.81. The summed E-state index contributed by atoms with van der Waals surface area (Å²) in [5, 5.41) is 11.1. The SMILES string of the molecule is Cc1ccnc(NC(=O)c2ccc(C)c(C#Cc3ccc4c(c3)N=CCC4CCc3cn(C)nn3)c2)c1. The van der Waals surface area contributed by atoms with Crippen molar-refractivity contribution in [2.75, 3.05) is 5.32 Å². The Morgan fingerprint density at radius 3 is 2.81 bits per heavy atom. The summed E-state index contributed by atoms with van der Waals surface area (Å²) in [7, 11) is 1.89. The summed E-state index contributed by atoms with van der Waals surface area (Å²) in [5.41, 5.74) is 7.52. The molecule has 1 aliphatic heterocycles. The summed E-state index contributed by atoms with van der Waals surface area (Å²) in [4.78, 5) is 21.6. The van der Waals surface area contributed by atoms with Gasteiger partial charge in [-0.1, -0.05) is 29.2 Å². The molecule has 0 radical (unpaired) electrons. The summed E-state index contributed by atoms with van der Waals surface area (Å²) in [6, 6.07) is 15.5. The summed E-state index contributed by atoms with van der Waals surface area (Å²) in [6.45, 7) is 3.95. The number of aryl methyl sites for hydroxylation is 4. The van der Waals surface area contributed by atoms with E-state index >= 15 is 0 Å². The Labute approximate surface area is 216 Å². The highest BCUT2D eigenvalue weighted by molar-refractivity contribution is 6.04. The van der Waals surface area contributed by atoms with E-state index in [2.05, 4.69) is 49.6 Å². The molecule has 1 amide bonds. The van der Waals surface area contributed by atoms with E-state index in [1.807, 2.05) is 63.6 Å². The molecule has 7 nitrogen and oxygen atoms in total. The van der Waals surface area contributed by atoms with Crippen molar-refractivity contribution >= 4 is 23.6 Å². The number of aromatic nitrogens is 4. The van der Waals surface area contributed by atoms with Gasteiger partial charge in [-0.3, -0.25) is 14.5 Å². The van der Waals surface area contributed by atoms with Gasteiger partial charge in [0.2, 0.25) is 0 Å². The molecule has 0 fully saturated rings. The van der Waals surface area contributed by atoms with Gasteiger partial charge < -0.3 is 5.32 Å². The fourth-order valence-electron chi connectivity index (χ4n) is 4.42. The second kappa shape index (κ2) is 10.6. The molecule has 37 heavy (non-hydrogen) atoms. The van der Waals surface area contributed by atoms with E-state index in [0.717, 1.165) is 52.9 Å². The smallest absolute Gasteiger partial charge is 0.256 e. The van der Waals surface area contributed by atoms with Crippen molar-refractivity contribution in [3.63, 3.8) is 0 Å². The zero-order chi connectivity index (χ0) is 25.8. The van der Waals surface area contributed by atoms with Crippen molar-refractivity contribution in [1.29, 1.82) is 0 Å². The third-order valence-electron chi connectivity index (χ3n) is 6.49. The molecule has 184 valence electrons. The van der Waals surface area contributed by atoms with Gasteiger partial charge in [0.05, 0.1) is 11.4 Å². The molecule has 0 saturated carbocycles. The van der Waals surface area contributed by atoms with Gasteiger partial charge in [0.15, 0.2) is 0 Å². The van der Waals surface area contributed by atoms with Gasteiger partial charge in [-0.05, 0) is 92.1 Å². The van der Waals surface area contributed by atoms with E-state index in [1.165, 1.54) is 5.56 Å². The predicted octanol–water partition coefficient (Wildman–Crippen LogP) is 5.30. The van der Waals surface area contributed by atoms with Crippen LogP contribution in [0.2, 0.25) is 0 Å². The number of aliphatic imine (C=N–C) groups is 1. The number of anilines is 1. The maximum absolute atomic E-state index is 12.8. The zero-order valence-corrected chi connectivity index (χ0v) is 21.2. The second-order valence-electron chi connectivity index (χ2n) is 9.39. The molecule has 2 aromatic heterocycles. The van der Waals surface area contributed by atoms with Crippen molar-refractivity contribution < 1.29 is 4.79 Å². The van der Waals surface area contributed by atoms with Crippen LogP contribution in [0.15, 0.2) is 65.9 Å². The molecule has 0 spiro atoms. The van der Waals surface area contributed by atoms with Crippen LogP contribution in [-0.2, 0) is 13.5 Å². The van der Waals surface area contributed by atoms with Crippen LogP contribution in [0, 0.1) is 25.7 Å². The van der Waals surface area contributed by atoms with Crippen LogP contribution >= 0.6 is 0 Å². The van der Waals surface area contributed by atoms with E-state index in [1.54, 1.807) is 16.9 Å². The van der Waals surface area contributed by atoms with Crippen molar-refractivity contribution in [3.8, 4) is 11.8 Å². The molecule has 3 heterocycles. The maximum atomic E-state index is 12.8. The van der Waals surface area contributed by atoms with E-state index in [-0.39, 0.29) is 5.91 Å². The van der Waals surface area contributed by atoms with Gasteiger partial charge in [-0.15, -0.1) is 5.10 Å². The first-order chi connectivity index (χ1) is 17.9. The Bertz CT molecular complexity index is 1560. The van der Waals surface area contributed by atoms with Crippen LogP contribution in [-0.4, -0.2) is 32.1 Å². The normalized spacial score (nSPS) is 14.0. The van der Waals surface area contributed by atoms with Crippen LogP contribution in [0.5, 0.6) is 0 Å². The number of nitrogens with zero attached hydrogens (tertiary/aromatic N) is 5. The van der Waals surface area contributed by atoms with Gasteiger partial charge in [-0.2, -0.15) is 0 Å². The summed E-state index contributed by atoms with van der Waals surface area (Å²) in [6.07, 6.45) is 8.45. The number of benzene rings is 2. The minimum atomic E-state index is -0.211. The molecule has 0 saturated heterocycles. The lowest BCUT2D eigenvalue weighted by Gasteiger charge is -2.20. The van der Waals surface area contributed by atoms with E-state index < -0.39 is 0 Å². The van der Waals surface area contributed by atoms with Crippen LogP contribution in [0.3, 0.4) is 0 Å². The van der Waals surface area contributed by atoms with Crippen LogP contribution in [0.25, 0.3) is 0 Å². The number of carbonyl (C=O) groups is 1. The Kier molecular flexibility index (Phi) is 6.91. The minimum absolute atomic E-state index is 0.211. The van der Waals surface area contributed by atoms with Crippen molar-refractivity contribution in [2.24, 2.45) is 12.0 Å². The quantitative estimate of drug-likeness (QED) is 0.386. The first kappa shape index (κ1) is 24.1. The summed E-state index contributed by atoms with van der Waals surface area (Å²) in [5.74, 6) is 7.23. The monoisotopic (exact) mass is 488 g/mol. The number of nitrogens with one attached hydrogen (secondary N) is 1. The summed E-state index contributed by atoms with van der Waals surface area (Å²) < 4.78 is 1.74. The van der Waals surface area contributed by atoms with Gasteiger partial charge in [-0.25, -0.2) is 4.98 Å². The standard InChI is InChI=1S/C30H28N6O/c1-20-12-14-32-29(16-20)33-30(37)25-7-4-21(2)24(18-25)8-5-22-6-11-27-23(13-15-31-28(27)17-22)9-10-26-19-36(3)35-34-26/h4,6-7,11-12,14-19,23H,9-10,13H2,1-3H3,(H,32,33,37). The average Bonchev–Trinajstić information content (AvgIpc) is 3.31. The fourth-order valence-corrected chi connectivity index (χ4v) is 4.42. The lowest BCUT2D eigenvalue weighted by molar-refractivity contribution is 0.102. The third-order valence-corrected chi connectivity index (χ3v) is 6.49. The van der Waals surface area contributed by atoms with E-state index in [0.29, 0.717) is 17.3 Å². The molecular weight excluding hydrogens is 460 g/mol. The molecule has 0 aliphatic carbocycles. The lowest BCUT2D eigenvalue weighted by atomic mass is 9.87. The van der Waals surface area contributed by atoms with Gasteiger partial charge in [0.25, 0.3) is 5.91 Å². The fraction of sp³-hybridized carbons (Fsp3) is 0.233. The Balaban J connectivity index is 1.31. The molecule has 5 rings (SSSR count). The van der Waals surface area contributed by atoms with E-state index in [4.69, 9.17) is 0 Å². The number of hydrogen-bond acceptors (Lipinski definition) is 5. The molecule has 1 N–H and O–H groups in total. The highest BCUT2D eigenvalue weighted by Gasteiger charge is 2.19. The van der Waals surface area contributed by atoms with Gasteiger partial charge >= 0.3 is 0 Å². The Morgan fingerprint density at radius 2 is 2.00 bits per heavy atom. The number of carbonyl (C=O) groups excluding carboxylic acids is 1. The van der Waals surface area contributed by atoms with E-state index in [9.17, 15) is 4.79 Å². The van der Waals surface area contributed by atoms with Crippen LogP contribution < -0.4 is 5.32 Å². The number of fused-ring (bicyclic) bond motifs is 1. The first-order valence-corrected chi connectivity index (χ1v) is 12.3. The summed E-state index contributed by atoms with van der Waals surface area (Å²) >= 11 is 0. The van der Waals surface area contributed by atoms with Crippen molar-refractivity contribution in [2.45, 2.75) is 39.0 Å². The minimum Gasteiger partial charge on any atom is -0.307 e. The number of pyridine rings is 1. The molecule has 1 aliphatic rings. The number of hydrogen-bond donors (Lipinski definition) is 1. The average molecular weight is 489 g/mol. The highest BCUT2D eigenvalue weighted by atomic mass is 16.1. The maximum Gasteiger partial charge on any atom is 0.256 e. The lowest BCUT2D eigenvalue weighted by Crippen LogP contribution is -2.13. The molecule has 7 heteroatoms.